The summed E-state index contributed by atoms with van der Waals surface area (Å²) < 4.78 is 0. The molecule has 1 unspecified atom stereocenters. The van der Waals surface area contributed by atoms with Gasteiger partial charge in [0.1, 0.15) is 0 Å². The van der Waals surface area contributed by atoms with Crippen LogP contribution in [0.5, 0.6) is 0 Å². The van der Waals surface area contributed by atoms with Gasteiger partial charge in [-0.2, -0.15) is 0 Å². The number of carboxylic acids is 1. The number of aliphatic carboxylic acids is 1. The molecule has 1 amide bonds. The molecule has 0 aromatic heterocycles. The number of carbonyl (C=O) groups excluding carboxylic acids is 1. The summed E-state index contributed by atoms with van der Waals surface area (Å²) in [4.78, 5) is 24.4. The molecule has 0 radical (unpaired) electrons. The van der Waals surface area contributed by atoms with Gasteiger partial charge >= 0.3 is 5.97 Å². The van der Waals surface area contributed by atoms with Crippen LogP contribution in [0, 0.1) is 12.8 Å². The first-order chi connectivity index (χ1) is 9.85. The lowest BCUT2D eigenvalue weighted by atomic mass is 10.1. The highest BCUT2D eigenvalue weighted by molar-refractivity contribution is 6.31. The van der Waals surface area contributed by atoms with Gasteiger partial charge in [0, 0.05) is 24.2 Å². The van der Waals surface area contributed by atoms with E-state index in [-0.39, 0.29) is 12.5 Å². The highest BCUT2D eigenvalue weighted by Gasteiger charge is 2.17. The van der Waals surface area contributed by atoms with Gasteiger partial charge in [-0.15, -0.1) is 0 Å². The Hall–Kier alpha value is -1.81. The van der Waals surface area contributed by atoms with E-state index in [4.69, 9.17) is 16.7 Å². The maximum Gasteiger partial charge on any atom is 0.308 e. The summed E-state index contributed by atoms with van der Waals surface area (Å²) in [7, 11) is 0. The zero-order valence-corrected chi connectivity index (χ0v) is 13.2. The molecule has 0 heterocycles. The molecule has 1 aromatic carbocycles. The molecule has 114 valence electrons. The van der Waals surface area contributed by atoms with Crippen molar-refractivity contribution >= 4 is 29.6 Å². The summed E-state index contributed by atoms with van der Waals surface area (Å²) in [6.45, 7) is 5.98. The van der Waals surface area contributed by atoms with Crippen molar-refractivity contribution in [1.82, 2.24) is 4.90 Å². The van der Waals surface area contributed by atoms with Crippen molar-refractivity contribution in [2.45, 2.75) is 20.8 Å². The molecule has 5 heteroatoms. The molecule has 21 heavy (non-hydrogen) atoms. The highest BCUT2D eigenvalue weighted by Crippen LogP contribution is 2.17. The SMILES string of the molecule is CCN(CC(C)C(=O)O)C(=O)C=Cc1ccc(C)c(Cl)c1. The highest BCUT2D eigenvalue weighted by atomic mass is 35.5. The van der Waals surface area contributed by atoms with Crippen LogP contribution >= 0.6 is 11.6 Å². The molecule has 1 N–H and O–H groups in total. The van der Waals surface area contributed by atoms with E-state index in [1.165, 1.54) is 11.0 Å². The van der Waals surface area contributed by atoms with Crippen molar-refractivity contribution < 1.29 is 14.7 Å². The number of likely N-dealkylation sites (N-methyl/N-ethyl adjacent to an activating group) is 1. The lowest BCUT2D eigenvalue weighted by molar-refractivity contribution is -0.142. The summed E-state index contributed by atoms with van der Waals surface area (Å²) in [6.07, 6.45) is 3.13. The average molecular weight is 310 g/mol. The monoisotopic (exact) mass is 309 g/mol. The summed E-state index contributed by atoms with van der Waals surface area (Å²) in [5, 5.41) is 9.55. The number of rotatable bonds is 6. The maximum atomic E-state index is 12.1. The second-order valence-electron chi connectivity index (χ2n) is 4.96. The Morgan fingerprint density at radius 2 is 2.10 bits per heavy atom. The largest absolute Gasteiger partial charge is 0.481 e. The standard InChI is InChI=1S/C16H20ClNO3/c1-4-18(10-12(3)16(20)21)15(19)8-7-13-6-5-11(2)14(17)9-13/h5-9,12H,4,10H2,1-3H3,(H,20,21). The van der Waals surface area contributed by atoms with Crippen LogP contribution in [0.1, 0.15) is 25.0 Å². The zero-order chi connectivity index (χ0) is 16.0. The average Bonchev–Trinajstić information content (AvgIpc) is 2.45. The minimum atomic E-state index is -0.907. The second-order valence-corrected chi connectivity index (χ2v) is 5.37. The summed E-state index contributed by atoms with van der Waals surface area (Å²) in [5.74, 6) is -1.70. The first-order valence-corrected chi connectivity index (χ1v) is 7.18. The first kappa shape index (κ1) is 17.2. The van der Waals surface area contributed by atoms with E-state index in [2.05, 4.69) is 0 Å². The molecule has 1 atom stereocenters. The van der Waals surface area contributed by atoms with E-state index < -0.39 is 11.9 Å². The normalized spacial score (nSPS) is 12.4. The van der Waals surface area contributed by atoms with Gasteiger partial charge in [-0.25, -0.2) is 0 Å². The van der Waals surface area contributed by atoms with Crippen molar-refractivity contribution in [3.63, 3.8) is 0 Å². The van der Waals surface area contributed by atoms with Gasteiger partial charge in [0.2, 0.25) is 5.91 Å². The Labute approximate surface area is 130 Å². The first-order valence-electron chi connectivity index (χ1n) is 6.81. The predicted molar refractivity (Wildman–Crippen MR) is 84.3 cm³/mol. The molecular formula is C16H20ClNO3. The van der Waals surface area contributed by atoms with E-state index in [0.717, 1.165) is 11.1 Å². The van der Waals surface area contributed by atoms with Gasteiger partial charge in [0.25, 0.3) is 0 Å². The van der Waals surface area contributed by atoms with E-state index in [9.17, 15) is 9.59 Å². The number of benzene rings is 1. The Bertz CT molecular complexity index is 554. The third kappa shape index (κ3) is 5.23. The fourth-order valence-corrected chi connectivity index (χ4v) is 1.96. The van der Waals surface area contributed by atoms with Crippen molar-refractivity contribution in [2.24, 2.45) is 5.92 Å². The van der Waals surface area contributed by atoms with Crippen LogP contribution < -0.4 is 0 Å². The van der Waals surface area contributed by atoms with Gasteiger partial charge in [-0.3, -0.25) is 9.59 Å². The van der Waals surface area contributed by atoms with Gasteiger partial charge in [-0.05, 0) is 37.1 Å². The number of hydrogen-bond acceptors (Lipinski definition) is 2. The Kier molecular flexibility index (Phi) is 6.43. The maximum absolute atomic E-state index is 12.1. The Morgan fingerprint density at radius 1 is 1.43 bits per heavy atom. The molecule has 0 spiro atoms. The summed E-state index contributed by atoms with van der Waals surface area (Å²) >= 11 is 6.03. The quantitative estimate of drug-likeness (QED) is 0.821. The molecule has 0 bridgehead atoms. The van der Waals surface area contributed by atoms with Crippen molar-refractivity contribution in [3.05, 3.63) is 40.4 Å². The molecule has 0 aliphatic carbocycles. The van der Waals surface area contributed by atoms with Gasteiger partial charge in [0.15, 0.2) is 0 Å². The fraction of sp³-hybridized carbons (Fsp3) is 0.375. The number of carboxylic acid groups (broad SMARTS) is 1. The number of amides is 1. The lowest BCUT2D eigenvalue weighted by Crippen LogP contribution is -2.35. The number of carbonyl (C=O) groups is 2. The molecule has 0 saturated heterocycles. The Morgan fingerprint density at radius 3 is 2.62 bits per heavy atom. The molecule has 0 fully saturated rings. The minimum Gasteiger partial charge on any atom is -0.481 e. The van der Waals surface area contributed by atoms with Crippen molar-refractivity contribution in [3.8, 4) is 0 Å². The molecule has 1 rings (SSSR count). The van der Waals surface area contributed by atoms with Crippen LogP contribution in [-0.2, 0) is 9.59 Å². The molecule has 0 aliphatic heterocycles. The molecule has 0 saturated carbocycles. The smallest absolute Gasteiger partial charge is 0.308 e. The van der Waals surface area contributed by atoms with E-state index in [0.29, 0.717) is 11.6 Å². The number of halogens is 1. The lowest BCUT2D eigenvalue weighted by Gasteiger charge is -2.21. The van der Waals surface area contributed by atoms with E-state index in [1.807, 2.05) is 26.0 Å². The minimum absolute atomic E-state index is 0.198. The van der Waals surface area contributed by atoms with Gasteiger partial charge in [-0.1, -0.05) is 30.7 Å². The zero-order valence-electron chi connectivity index (χ0n) is 12.5. The molecule has 0 aliphatic rings. The molecule has 4 nitrogen and oxygen atoms in total. The third-order valence-corrected chi connectivity index (χ3v) is 3.63. The molecular weight excluding hydrogens is 290 g/mol. The number of aryl methyl sites for hydroxylation is 1. The topological polar surface area (TPSA) is 57.6 Å². The second kappa shape index (κ2) is 7.84. The van der Waals surface area contributed by atoms with Crippen LogP contribution in [0.3, 0.4) is 0 Å². The van der Waals surface area contributed by atoms with Gasteiger partial charge < -0.3 is 10.0 Å². The van der Waals surface area contributed by atoms with E-state index in [1.54, 1.807) is 19.1 Å². The van der Waals surface area contributed by atoms with Crippen molar-refractivity contribution in [1.29, 1.82) is 0 Å². The van der Waals surface area contributed by atoms with Crippen LogP contribution in [-0.4, -0.2) is 35.0 Å². The summed E-state index contributed by atoms with van der Waals surface area (Å²) in [5.41, 5.74) is 1.81. The van der Waals surface area contributed by atoms with Crippen molar-refractivity contribution in [2.75, 3.05) is 13.1 Å². The van der Waals surface area contributed by atoms with Crippen LogP contribution in [0.25, 0.3) is 6.08 Å². The van der Waals surface area contributed by atoms with Gasteiger partial charge in [0.05, 0.1) is 5.92 Å². The number of nitrogens with zero attached hydrogens (tertiary/aromatic N) is 1. The third-order valence-electron chi connectivity index (χ3n) is 3.22. The van der Waals surface area contributed by atoms with Crippen LogP contribution in [0.2, 0.25) is 5.02 Å². The van der Waals surface area contributed by atoms with Crippen LogP contribution in [0.15, 0.2) is 24.3 Å². The molecule has 1 aromatic rings. The van der Waals surface area contributed by atoms with Crippen LogP contribution in [0.4, 0.5) is 0 Å². The van der Waals surface area contributed by atoms with E-state index >= 15 is 0 Å². The predicted octanol–water partition coefficient (Wildman–Crippen LogP) is 3.23. The fourth-order valence-electron chi connectivity index (χ4n) is 1.77. The number of hydrogen-bond donors (Lipinski definition) is 1. The summed E-state index contributed by atoms with van der Waals surface area (Å²) in [6, 6.07) is 5.55. The Balaban J connectivity index is 2.75.